The molecule has 27 heavy (non-hydrogen) atoms. The zero-order valence-corrected chi connectivity index (χ0v) is 14.7. The van der Waals surface area contributed by atoms with Gasteiger partial charge >= 0.3 is 5.97 Å². The van der Waals surface area contributed by atoms with Crippen LogP contribution >= 0.6 is 0 Å². The third-order valence-electron chi connectivity index (χ3n) is 4.03. The van der Waals surface area contributed by atoms with Crippen LogP contribution in [0, 0.1) is 11.6 Å². The Morgan fingerprint density at radius 1 is 1.11 bits per heavy atom. The van der Waals surface area contributed by atoms with Crippen molar-refractivity contribution in [3.05, 3.63) is 65.2 Å². The lowest BCUT2D eigenvalue weighted by Gasteiger charge is -2.14. The van der Waals surface area contributed by atoms with Crippen molar-refractivity contribution in [2.75, 3.05) is 17.9 Å². The smallest absolute Gasteiger partial charge is 0.338 e. The fourth-order valence-corrected chi connectivity index (χ4v) is 3.69. The molecule has 3 rings (SSSR count). The Morgan fingerprint density at radius 2 is 1.81 bits per heavy atom. The van der Waals surface area contributed by atoms with E-state index in [1.807, 2.05) is 10.8 Å². The molecule has 0 saturated heterocycles. The minimum atomic E-state index is -4.18. The van der Waals surface area contributed by atoms with Crippen LogP contribution < -0.4 is 4.72 Å². The Balaban J connectivity index is 1.86. The third kappa shape index (κ3) is 4.15. The van der Waals surface area contributed by atoms with Gasteiger partial charge in [0.25, 0.3) is 10.0 Å². The first-order chi connectivity index (χ1) is 12.8. The lowest BCUT2D eigenvalue weighted by atomic mass is 10.0. The van der Waals surface area contributed by atoms with E-state index < -0.39 is 38.9 Å². The first-order valence-electron chi connectivity index (χ1n) is 7.90. The van der Waals surface area contributed by atoms with Crippen LogP contribution in [0.4, 0.5) is 14.5 Å². The van der Waals surface area contributed by atoms with Crippen LogP contribution in [0.1, 0.15) is 22.3 Å². The van der Waals surface area contributed by atoms with E-state index >= 15 is 0 Å². The number of sulfonamides is 1. The monoisotopic (exact) mass is 395 g/mol. The molecule has 0 saturated carbocycles. The van der Waals surface area contributed by atoms with E-state index in [0.29, 0.717) is 31.8 Å². The number of anilines is 1. The van der Waals surface area contributed by atoms with Crippen molar-refractivity contribution >= 4 is 27.3 Å². The zero-order valence-electron chi connectivity index (χ0n) is 13.9. The molecule has 0 unspecified atom stereocenters. The van der Waals surface area contributed by atoms with Gasteiger partial charge in [0.2, 0.25) is 0 Å². The molecular formula is C18H15F2NO5S. The topological polar surface area (TPSA) is 92.7 Å². The van der Waals surface area contributed by atoms with Crippen molar-refractivity contribution in [3.8, 4) is 0 Å². The second kappa shape index (κ2) is 7.45. The van der Waals surface area contributed by atoms with Crippen LogP contribution in [-0.2, 0) is 14.8 Å². The highest BCUT2D eigenvalue weighted by Crippen LogP contribution is 2.25. The van der Waals surface area contributed by atoms with E-state index in [4.69, 9.17) is 9.84 Å². The normalized spacial score (nSPS) is 14.5. The lowest BCUT2D eigenvalue weighted by molar-refractivity contribution is 0.0691. The average Bonchev–Trinajstić information content (AvgIpc) is 2.65. The van der Waals surface area contributed by atoms with Crippen molar-refractivity contribution in [2.45, 2.75) is 11.3 Å². The van der Waals surface area contributed by atoms with Gasteiger partial charge < -0.3 is 9.84 Å². The van der Waals surface area contributed by atoms with Gasteiger partial charge in [-0.25, -0.2) is 22.0 Å². The molecule has 0 spiro atoms. The van der Waals surface area contributed by atoms with Gasteiger partial charge in [-0.2, -0.15) is 0 Å². The molecule has 0 aliphatic carbocycles. The van der Waals surface area contributed by atoms with E-state index in [1.165, 1.54) is 12.1 Å². The van der Waals surface area contributed by atoms with Gasteiger partial charge in [-0.1, -0.05) is 18.2 Å². The van der Waals surface area contributed by atoms with Gasteiger partial charge in [0.1, 0.15) is 11.6 Å². The number of benzene rings is 2. The highest BCUT2D eigenvalue weighted by atomic mass is 32.2. The number of aromatic carboxylic acids is 1. The van der Waals surface area contributed by atoms with Crippen molar-refractivity contribution < 1.29 is 31.8 Å². The lowest BCUT2D eigenvalue weighted by Crippen LogP contribution is -2.15. The molecule has 0 bridgehead atoms. The molecule has 6 nitrogen and oxygen atoms in total. The SMILES string of the molecule is O=C(O)c1cc(F)c(NS(=O)(=O)c2ccc(C3=CCOCC3)cc2)cc1F. The number of halogens is 2. The number of carboxylic acids is 1. The van der Waals surface area contributed by atoms with E-state index in [0.717, 1.165) is 11.1 Å². The highest BCUT2D eigenvalue weighted by molar-refractivity contribution is 7.92. The zero-order chi connectivity index (χ0) is 19.6. The second-order valence-electron chi connectivity index (χ2n) is 5.80. The summed E-state index contributed by atoms with van der Waals surface area (Å²) in [5, 5.41) is 8.77. The predicted molar refractivity (Wildman–Crippen MR) is 94.0 cm³/mol. The Kier molecular flexibility index (Phi) is 5.24. The first kappa shape index (κ1) is 19.0. The summed E-state index contributed by atoms with van der Waals surface area (Å²) in [6.45, 7) is 1.08. The standard InChI is InChI=1S/C18H15F2NO5S/c19-15-10-17(16(20)9-14(15)18(22)23)21-27(24,25)13-3-1-11(2-4-13)12-5-7-26-8-6-12/h1-5,9-10,21H,6-8H2,(H,22,23). The van der Waals surface area contributed by atoms with Crippen LogP contribution in [0.25, 0.3) is 5.57 Å². The Bertz CT molecular complexity index is 1020. The van der Waals surface area contributed by atoms with Crippen LogP contribution in [0.3, 0.4) is 0 Å². The minimum absolute atomic E-state index is 0.138. The van der Waals surface area contributed by atoms with Crippen molar-refractivity contribution in [1.29, 1.82) is 0 Å². The Hall–Kier alpha value is -2.78. The van der Waals surface area contributed by atoms with E-state index in [-0.39, 0.29) is 4.90 Å². The van der Waals surface area contributed by atoms with Gasteiger partial charge in [0, 0.05) is 6.07 Å². The molecule has 0 atom stereocenters. The van der Waals surface area contributed by atoms with Gasteiger partial charge in [0.15, 0.2) is 0 Å². The molecule has 0 radical (unpaired) electrons. The Morgan fingerprint density at radius 3 is 2.41 bits per heavy atom. The highest BCUT2D eigenvalue weighted by Gasteiger charge is 2.20. The maximum Gasteiger partial charge on any atom is 0.338 e. The minimum Gasteiger partial charge on any atom is -0.478 e. The maximum absolute atomic E-state index is 14.0. The largest absolute Gasteiger partial charge is 0.478 e. The van der Waals surface area contributed by atoms with Gasteiger partial charge in [-0.05, 0) is 35.8 Å². The maximum atomic E-state index is 14.0. The summed E-state index contributed by atoms with van der Waals surface area (Å²) in [4.78, 5) is 10.7. The number of rotatable bonds is 5. The summed E-state index contributed by atoms with van der Waals surface area (Å²) in [6.07, 6.45) is 2.62. The summed E-state index contributed by atoms with van der Waals surface area (Å²) in [6, 6.07) is 6.88. The number of hydrogen-bond acceptors (Lipinski definition) is 4. The molecular weight excluding hydrogens is 380 g/mol. The molecule has 2 N–H and O–H groups in total. The number of hydrogen-bond donors (Lipinski definition) is 2. The average molecular weight is 395 g/mol. The molecule has 142 valence electrons. The summed E-state index contributed by atoms with van der Waals surface area (Å²) in [5.74, 6) is -4.09. The molecule has 9 heteroatoms. The van der Waals surface area contributed by atoms with Gasteiger partial charge in [-0.3, -0.25) is 4.72 Å². The quantitative estimate of drug-likeness (QED) is 0.811. The summed E-state index contributed by atoms with van der Waals surface area (Å²) >= 11 is 0. The third-order valence-corrected chi connectivity index (χ3v) is 5.41. The number of ether oxygens (including phenoxy) is 1. The Labute approximate surface area is 154 Å². The number of carboxylic acid groups (broad SMARTS) is 1. The molecule has 0 fully saturated rings. The van der Waals surface area contributed by atoms with E-state index in [1.54, 1.807) is 12.1 Å². The molecule has 1 aliphatic rings. The fraction of sp³-hybridized carbons (Fsp3) is 0.167. The number of carbonyl (C=O) groups is 1. The van der Waals surface area contributed by atoms with Crippen molar-refractivity contribution in [1.82, 2.24) is 0 Å². The molecule has 0 amide bonds. The van der Waals surface area contributed by atoms with Crippen LogP contribution in [0.15, 0.2) is 47.4 Å². The number of nitrogens with one attached hydrogen (secondary N) is 1. The summed E-state index contributed by atoms with van der Waals surface area (Å²) in [5.41, 5.74) is 0.328. The van der Waals surface area contributed by atoms with E-state index in [9.17, 15) is 22.0 Å². The first-order valence-corrected chi connectivity index (χ1v) is 9.38. The molecule has 1 aliphatic heterocycles. The fourth-order valence-electron chi connectivity index (χ4n) is 2.63. The molecule has 0 aromatic heterocycles. The van der Waals surface area contributed by atoms with Crippen LogP contribution in [0.5, 0.6) is 0 Å². The van der Waals surface area contributed by atoms with Crippen LogP contribution in [-0.4, -0.2) is 32.7 Å². The summed E-state index contributed by atoms with van der Waals surface area (Å²) < 4.78 is 59.7. The van der Waals surface area contributed by atoms with Crippen LogP contribution in [0.2, 0.25) is 0 Å². The second-order valence-corrected chi connectivity index (χ2v) is 7.48. The molecule has 2 aromatic rings. The van der Waals surface area contributed by atoms with Gasteiger partial charge in [0.05, 0.1) is 29.4 Å². The molecule has 2 aromatic carbocycles. The summed E-state index contributed by atoms with van der Waals surface area (Å²) in [7, 11) is -4.18. The van der Waals surface area contributed by atoms with E-state index in [2.05, 4.69) is 0 Å². The van der Waals surface area contributed by atoms with Crippen molar-refractivity contribution in [2.24, 2.45) is 0 Å². The van der Waals surface area contributed by atoms with Gasteiger partial charge in [-0.15, -0.1) is 0 Å². The molecule has 1 heterocycles. The van der Waals surface area contributed by atoms with Crippen molar-refractivity contribution in [3.63, 3.8) is 0 Å². The predicted octanol–water partition coefficient (Wildman–Crippen LogP) is 3.27.